The molecule has 1 N–H and O–H groups in total. The quantitative estimate of drug-likeness (QED) is 0.438. The van der Waals surface area contributed by atoms with Gasteiger partial charge in [0.15, 0.2) is 0 Å². The minimum absolute atomic E-state index is 0.143. The van der Waals surface area contributed by atoms with Crippen LogP contribution in [0.2, 0.25) is 0 Å². The van der Waals surface area contributed by atoms with Crippen LogP contribution in [-0.2, 0) is 31.4 Å². The zero-order chi connectivity index (χ0) is 24.9. The highest BCUT2D eigenvalue weighted by Crippen LogP contribution is 2.31. The van der Waals surface area contributed by atoms with Gasteiger partial charge in [-0.3, -0.25) is 14.2 Å². The molecule has 2 aliphatic rings. The summed E-state index contributed by atoms with van der Waals surface area (Å²) in [6, 6.07) is 19.2. The average Bonchev–Trinajstić information content (AvgIpc) is 3.59. The summed E-state index contributed by atoms with van der Waals surface area (Å²) >= 11 is 0. The number of aryl methyl sites for hydroxylation is 1. The molecule has 0 spiro atoms. The van der Waals surface area contributed by atoms with Gasteiger partial charge in [-0.2, -0.15) is 0 Å². The van der Waals surface area contributed by atoms with Crippen LogP contribution >= 0.6 is 0 Å². The van der Waals surface area contributed by atoms with E-state index in [1.807, 2.05) is 61.6 Å². The van der Waals surface area contributed by atoms with E-state index in [-0.39, 0.29) is 5.56 Å². The molecule has 2 aromatic heterocycles. The Hall–Kier alpha value is -3.84. The van der Waals surface area contributed by atoms with E-state index in [2.05, 4.69) is 9.88 Å². The predicted molar refractivity (Wildman–Crippen MR) is 142 cm³/mol. The molecule has 186 valence electrons. The zero-order valence-electron chi connectivity index (χ0n) is 20.7. The number of nitrogens with one attached hydrogen (secondary N) is 1. The summed E-state index contributed by atoms with van der Waals surface area (Å²) in [7, 11) is 2.05. The first kappa shape index (κ1) is 23.9. The van der Waals surface area contributed by atoms with Gasteiger partial charge in [-0.15, -0.1) is 0 Å². The van der Waals surface area contributed by atoms with Crippen molar-refractivity contribution in [3.8, 4) is 11.4 Å². The fraction of sp³-hybridized carbons (Fsp3) is 0.310. The van der Waals surface area contributed by atoms with E-state index < -0.39 is 0 Å². The van der Waals surface area contributed by atoms with E-state index in [9.17, 15) is 9.59 Å². The van der Waals surface area contributed by atoms with Gasteiger partial charge in [-0.1, -0.05) is 36.4 Å². The Morgan fingerprint density at radius 2 is 1.83 bits per heavy atom. The maximum absolute atomic E-state index is 12.8. The van der Waals surface area contributed by atoms with E-state index >= 15 is 0 Å². The van der Waals surface area contributed by atoms with Gasteiger partial charge >= 0.3 is 0 Å². The highest BCUT2D eigenvalue weighted by Gasteiger charge is 2.22. The van der Waals surface area contributed by atoms with Crippen LogP contribution in [0.1, 0.15) is 29.7 Å². The maximum Gasteiger partial charge on any atom is 0.258 e. The second-order valence-corrected chi connectivity index (χ2v) is 9.31. The van der Waals surface area contributed by atoms with E-state index in [0.29, 0.717) is 18.9 Å². The number of hydrogen-bond acceptors (Lipinski definition) is 4. The second-order valence-electron chi connectivity index (χ2n) is 9.31. The topological polar surface area (TPSA) is 68.5 Å². The van der Waals surface area contributed by atoms with Gasteiger partial charge in [0.05, 0.1) is 11.2 Å². The Morgan fingerprint density at radius 1 is 1.03 bits per heavy atom. The molecule has 4 aromatic rings. The van der Waals surface area contributed by atoms with Crippen molar-refractivity contribution >= 4 is 17.3 Å². The van der Waals surface area contributed by atoms with Crippen LogP contribution in [0.15, 0.2) is 71.7 Å². The van der Waals surface area contributed by atoms with Gasteiger partial charge < -0.3 is 19.5 Å². The van der Waals surface area contributed by atoms with E-state index in [0.717, 1.165) is 41.5 Å². The van der Waals surface area contributed by atoms with Crippen molar-refractivity contribution in [1.82, 2.24) is 19.4 Å². The Morgan fingerprint density at radius 3 is 2.53 bits per heavy atom. The molecule has 7 heteroatoms. The lowest BCUT2D eigenvalue weighted by Gasteiger charge is -2.23. The molecule has 1 fully saturated rings. The molecule has 7 nitrogen and oxygen atoms in total. The third kappa shape index (κ3) is 5.06. The van der Waals surface area contributed by atoms with Crippen molar-refractivity contribution < 1.29 is 9.53 Å². The Balaban J connectivity index is 0.000000477. The highest BCUT2D eigenvalue weighted by molar-refractivity contribution is 5.87. The number of carbonyl (C=O) groups excluding carboxylic acids is 1. The number of nitrogens with zero attached hydrogens (tertiary/aromatic N) is 3. The van der Waals surface area contributed by atoms with Crippen molar-refractivity contribution in [3.05, 3.63) is 94.0 Å². The van der Waals surface area contributed by atoms with Gasteiger partial charge in [0.25, 0.3) is 5.56 Å². The zero-order valence-corrected chi connectivity index (χ0v) is 20.7. The number of pyridine rings is 1. The van der Waals surface area contributed by atoms with Crippen LogP contribution in [0.4, 0.5) is 0 Å². The summed E-state index contributed by atoms with van der Waals surface area (Å²) in [6.45, 7) is 4.28. The third-order valence-electron chi connectivity index (χ3n) is 6.94. The third-order valence-corrected chi connectivity index (χ3v) is 6.94. The number of rotatable bonds is 5. The number of fused-ring (bicyclic) bond motifs is 3. The summed E-state index contributed by atoms with van der Waals surface area (Å²) in [5, 5.41) is 4.35. The van der Waals surface area contributed by atoms with Crippen molar-refractivity contribution in [2.75, 3.05) is 19.6 Å². The van der Waals surface area contributed by atoms with Gasteiger partial charge in [0.1, 0.15) is 12.4 Å². The normalized spacial score (nSPS) is 14.8. The van der Waals surface area contributed by atoms with Crippen LogP contribution in [0, 0.1) is 0 Å². The molecule has 2 aromatic carbocycles. The van der Waals surface area contributed by atoms with Crippen LogP contribution in [0.5, 0.6) is 5.75 Å². The minimum atomic E-state index is -0.143. The number of carbonyl (C=O) groups is 1. The Labute approximate surface area is 210 Å². The molecule has 36 heavy (non-hydrogen) atoms. The maximum atomic E-state index is 12.8. The average molecular weight is 485 g/mol. The summed E-state index contributed by atoms with van der Waals surface area (Å²) in [4.78, 5) is 25.8. The molecule has 0 unspecified atom stereocenters. The fourth-order valence-corrected chi connectivity index (χ4v) is 4.95. The lowest BCUT2D eigenvalue weighted by molar-refractivity contribution is -0.118. The molecule has 0 aliphatic carbocycles. The first-order chi connectivity index (χ1) is 17.6. The minimum Gasteiger partial charge on any atom is -0.489 e. The lowest BCUT2D eigenvalue weighted by atomic mass is 10.0. The number of amides is 1. The molecule has 0 saturated carbocycles. The van der Waals surface area contributed by atoms with Crippen LogP contribution in [-0.4, -0.2) is 40.1 Å². The number of benzene rings is 2. The summed E-state index contributed by atoms with van der Waals surface area (Å²) in [5.74, 6) is 0.550. The van der Waals surface area contributed by atoms with Crippen LogP contribution in [0.25, 0.3) is 16.6 Å². The van der Waals surface area contributed by atoms with Crippen molar-refractivity contribution in [2.24, 2.45) is 7.05 Å². The van der Waals surface area contributed by atoms with Gasteiger partial charge in [0.2, 0.25) is 6.41 Å². The number of ether oxygens (including phenoxy) is 1. The summed E-state index contributed by atoms with van der Waals surface area (Å²) in [5.41, 5.74) is 5.22. The van der Waals surface area contributed by atoms with Crippen LogP contribution < -0.4 is 15.6 Å². The molecule has 1 amide bonds. The lowest BCUT2D eigenvalue weighted by Crippen LogP contribution is -2.29. The molecule has 2 aliphatic heterocycles. The largest absolute Gasteiger partial charge is 0.489 e. The van der Waals surface area contributed by atoms with E-state index in [4.69, 9.17) is 4.74 Å². The molecule has 6 rings (SSSR count). The first-order valence-corrected chi connectivity index (χ1v) is 12.5. The first-order valence-electron chi connectivity index (χ1n) is 12.5. The summed E-state index contributed by atoms with van der Waals surface area (Å²) < 4.78 is 9.58. The van der Waals surface area contributed by atoms with Gasteiger partial charge in [-0.25, -0.2) is 0 Å². The van der Waals surface area contributed by atoms with Crippen LogP contribution in [0.3, 0.4) is 0 Å². The Bertz CT molecular complexity index is 1400. The van der Waals surface area contributed by atoms with E-state index in [1.165, 1.54) is 43.3 Å². The monoisotopic (exact) mass is 484 g/mol. The SMILES string of the molecule is C1CCNC1.Cn1c2c(c3ccc(-n4ccc(OCc5ccccc5)cc4=O)cc31)CN(C=O)CC2. The second kappa shape index (κ2) is 10.8. The van der Waals surface area contributed by atoms with E-state index in [1.54, 1.807) is 15.7 Å². The van der Waals surface area contributed by atoms with Crippen molar-refractivity contribution in [3.63, 3.8) is 0 Å². The number of hydrogen-bond donors (Lipinski definition) is 1. The van der Waals surface area contributed by atoms with Gasteiger partial charge in [0, 0.05) is 55.5 Å². The van der Waals surface area contributed by atoms with Crippen molar-refractivity contribution in [2.45, 2.75) is 32.4 Å². The molecule has 0 radical (unpaired) electrons. The van der Waals surface area contributed by atoms with Gasteiger partial charge in [-0.05, 0) is 49.7 Å². The highest BCUT2D eigenvalue weighted by atomic mass is 16.5. The molecule has 1 saturated heterocycles. The number of aromatic nitrogens is 2. The molecule has 4 heterocycles. The standard InChI is InChI=1S/C25H23N3O3.C4H9N/c1-26-23-10-11-27(17-29)15-22(23)21-8-7-19(13-24(21)26)28-12-9-20(14-25(28)30)31-16-18-5-3-2-4-6-18;1-2-4-5-3-1/h2-9,12-14,17H,10-11,15-16H2,1H3;5H,1-4H2. The molecular weight excluding hydrogens is 452 g/mol. The smallest absolute Gasteiger partial charge is 0.258 e. The van der Waals surface area contributed by atoms with Crippen molar-refractivity contribution in [1.29, 1.82) is 0 Å². The molecule has 0 atom stereocenters. The molecule has 0 bridgehead atoms. The predicted octanol–water partition coefficient (Wildman–Crippen LogP) is 3.79. The summed E-state index contributed by atoms with van der Waals surface area (Å²) in [6.07, 6.45) is 6.28. The molecular formula is C29H32N4O3. The fourth-order valence-electron chi connectivity index (χ4n) is 4.95. The Kier molecular flexibility index (Phi) is 7.18.